The van der Waals surface area contributed by atoms with Gasteiger partial charge in [-0.05, 0) is 79.9 Å². The van der Waals surface area contributed by atoms with E-state index in [-0.39, 0.29) is 0 Å². The average molecular weight is 731 g/mol. The zero-order valence-corrected chi connectivity index (χ0v) is 30.8. The fourth-order valence-electron chi connectivity index (χ4n) is 9.31. The molecule has 0 unspecified atom stereocenters. The molecule has 11 aromatic rings. The van der Waals surface area contributed by atoms with E-state index in [4.69, 9.17) is 15.0 Å². The first-order valence-corrected chi connectivity index (χ1v) is 19.7. The number of pyridine rings is 1. The second-order valence-electron chi connectivity index (χ2n) is 14.6. The molecule has 5 heteroatoms. The van der Waals surface area contributed by atoms with Gasteiger partial charge in [-0.2, -0.15) is 0 Å². The van der Waals surface area contributed by atoms with Crippen molar-refractivity contribution in [3.8, 4) is 22.5 Å². The lowest BCUT2D eigenvalue weighted by Crippen LogP contribution is -2.28. The number of fused-ring (bicyclic) bond motifs is 13. The van der Waals surface area contributed by atoms with E-state index >= 15 is 0 Å². The average Bonchev–Trinajstić information content (AvgIpc) is 3.80. The molecule has 1 aliphatic rings. The molecule has 4 aromatic heterocycles. The lowest BCUT2D eigenvalue weighted by Gasteiger charge is -2.33. The molecule has 0 spiro atoms. The normalized spacial score (nSPS) is 13.1. The molecule has 260 valence electrons. The summed E-state index contributed by atoms with van der Waals surface area (Å²) in [5, 5.41) is 8.70. The Bertz CT molecular complexity index is 3390. The molecule has 6 bridgehead atoms. The van der Waals surface area contributed by atoms with E-state index in [1.807, 2.05) is 12.4 Å². The van der Waals surface area contributed by atoms with Crippen LogP contribution < -0.4 is 0 Å². The molecule has 0 aliphatic heterocycles. The minimum atomic E-state index is -0.535. The van der Waals surface area contributed by atoms with Gasteiger partial charge in [0.2, 0.25) is 0 Å². The predicted octanol–water partition coefficient (Wildman–Crippen LogP) is 12.8. The van der Waals surface area contributed by atoms with Gasteiger partial charge in [-0.15, -0.1) is 11.3 Å². The molecule has 0 atom stereocenters. The first kappa shape index (κ1) is 31.3. The van der Waals surface area contributed by atoms with Gasteiger partial charge in [0.25, 0.3) is 0 Å². The third kappa shape index (κ3) is 4.40. The predicted molar refractivity (Wildman–Crippen MR) is 232 cm³/mol. The molecule has 0 saturated carbocycles. The van der Waals surface area contributed by atoms with Crippen molar-refractivity contribution in [3.63, 3.8) is 0 Å². The third-order valence-corrected chi connectivity index (χ3v) is 12.8. The highest BCUT2D eigenvalue weighted by atomic mass is 32.1. The Hall–Kier alpha value is -7.08. The maximum atomic E-state index is 5.45. The Kier molecular flexibility index (Phi) is 6.68. The van der Waals surface area contributed by atoms with Crippen LogP contribution in [0.3, 0.4) is 0 Å². The molecular formula is C51H30N4S. The molecule has 4 nitrogen and oxygen atoms in total. The second kappa shape index (κ2) is 12.0. The van der Waals surface area contributed by atoms with Crippen molar-refractivity contribution in [2.75, 3.05) is 0 Å². The van der Waals surface area contributed by atoms with Gasteiger partial charge >= 0.3 is 0 Å². The maximum absolute atomic E-state index is 5.45. The first-order chi connectivity index (χ1) is 27.8. The number of thiophene rings is 1. The van der Waals surface area contributed by atoms with Crippen LogP contribution in [0.15, 0.2) is 182 Å². The molecule has 0 saturated heterocycles. The van der Waals surface area contributed by atoms with Crippen LogP contribution in [0.2, 0.25) is 0 Å². The van der Waals surface area contributed by atoms with Gasteiger partial charge in [-0.3, -0.25) is 4.98 Å². The van der Waals surface area contributed by atoms with Crippen molar-refractivity contribution in [1.29, 1.82) is 0 Å². The van der Waals surface area contributed by atoms with Gasteiger partial charge in [0, 0.05) is 54.3 Å². The van der Waals surface area contributed by atoms with E-state index in [9.17, 15) is 0 Å². The zero-order valence-electron chi connectivity index (χ0n) is 30.0. The first-order valence-electron chi connectivity index (χ1n) is 18.9. The number of rotatable bonds is 3. The van der Waals surface area contributed by atoms with Crippen LogP contribution in [0.4, 0.5) is 0 Å². The van der Waals surface area contributed by atoms with E-state index in [0.29, 0.717) is 17.1 Å². The van der Waals surface area contributed by atoms with Crippen molar-refractivity contribution in [1.82, 2.24) is 19.9 Å². The van der Waals surface area contributed by atoms with Crippen LogP contribution in [0.25, 0.3) is 86.3 Å². The van der Waals surface area contributed by atoms with E-state index in [0.717, 1.165) is 48.8 Å². The van der Waals surface area contributed by atoms with Gasteiger partial charge in [0.1, 0.15) is 0 Å². The van der Waals surface area contributed by atoms with Crippen molar-refractivity contribution in [2.24, 2.45) is 0 Å². The summed E-state index contributed by atoms with van der Waals surface area (Å²) in [7, 11) is 0. The smallest absolute Gasteiger partial charge is 0.164 e. The summed E-state index contributed by atoms with van der Waals surface area (Å²) in [4.78, 5) is 20.7. The highest BCUT2D eigenvalue weighted by molar-refractivity contribution is 7.26. The fraction of sp³-hybridized carbons (Fsp3) is 0.0196. The molecule has 12 rings (SSSR count). The summed E-state index contributed by atoms with van der Waals surface area (Å²) in [6, 6.07) is 61.3. The highest BCUT2D eigenvalue weighted by Crippen LogP contribution is 2.58. The summed E-state index contributed by atoms with van der Waals surface area (Å²) in [5.74, 6) is 0.646. The van der Waals surface area contributed by atoms with Gasteiger partial charge in [0.15, 0.2) is 17.1 Å². The van der Waals surface area contributed by atoms with Gasteiger partial charge in [-0.1, -0.05) is 140 Å². The van der Waals surface area contributed by atoms with Crippen LogP contribution in [0, 0.1) is 0 Å². The lowest BCUT2D eigenvalue weighted by molar-refractivity contribution is 0.768. The number of nitrogens with zero attached hydrogens (tertiary/aromatic N) is 4. The van der Waals surface area contributed by atoms with Gasteiger partial charge in [0.05, 0.1) is 5.41 Å². The van der Waals surface area contributed by atoms with Gasteiger partial charge in [-0.25, -0.2) is 15.0 Å². The SMILES string of the molecule is c1ccc(C2(c3ccccc3)c3ccccc3-c3c(-c4nc5nc(n4)c4cccc6sc7ccc(cc7c64)c4ccncc4c4cccc5c4)cccc32)cc1. The largest absolute Gasteiger partial charge is 0.264 e. The molecular weight excluding hydrogens is 701 g/mol. The highest BCUT2D eigenvalue weighted by Gasteiger charge is 2.47. The number of aromatic nitrogens is 4. The van der Waals surface area contributed by atoms with E-state index in [1.165, 1.54) is 42.6 Å². The van der Waals surface area contributed by atoms with Crippen molar-refractivity contribution in [2.45, 2.75) is 5.41 Å². The molecule has 7 aromatic carbocycles. The second-order valence-corrected chi connectivity index (χ2v) is 15.6. The molecule has 0 amide bonds. The topological polar surface area (TPSA) is 51.6 Å². The zero-order chi connectivity index (χ0) is 36.8. The minimum Gasteiger partial charge on any atom is -0.264 e. The van der Waals surface area contributed by atoms with E-state index < -0.39 is 5.41 Å². The summed E-state index contributed by atoms with van der Waals surface area (Å²) >= 11 is 1.81. The molecule has 4 heterocycles. The molecule has 0 radical (unpaired) electrons. The molecule has 0 N–H and O–H groups in total. The Morgan fingerprint density at radius 3 is 1.98 bits per heavy atom. The van der Waals surface area contributed by atoms with Crippen LogP contribution in [0.1, 0.15) is 22.3 Å². The Morgan fingerprint density at radius 1 is 0.429 bits per heavy atom. The lowest BCUT2D eigenvalue weighted by atomic mass is 9.67. The fourth-order valence-corrected chi connectivity index (χ4v) is 10.4. The summed E-state index contributed by atoms with van der Waals surface area (Å²) in [5.41, 5.74) is 8.97. The Labute approximate surface area is 326 Å². The Balaban J connectivity index is 1.25. The molecule has 56 heavy (non-hydrogen) atoms. The van der Waals surface area contributed by atoms with E-state index in [1.54, 1.807) is 11.3 Å². The molecule has 1 aliphatic carbocycles. The van der Waals surface area contributed by atoms with Gasteiger partial charge < -0.3 is 0 Å². The number of hydrogen-bond acceptors (Lipinski definition) is 5. The monoisotopic (exact) mass is 730 g/mol. The van der Waals surface area contributed by atoms with Crippen molar-refractivity contribution in [3.05, 3.63) is 205 Å². The number of hydrogen-bond donors (Lipinski definition) is 0. The third-order valence-electron chi connectivity index (χ3n) is 11.7. The van der Waals surface area contributed by atoms with Crippen molar-refractivity contribution < 1.29 is 0 Å². The standard InChI is InChI=1S/C51H30N4S/c1-3-14-34(15-4-1)51(35-16-5-2-6-17-35)42-21-8-7-18-37(42)46-38(19-10-22-43(46)51)49-53-48-33-13-9-12-31(28-33)41-30-52-27-26-36(41)32-24-25-44-40(29-32)47-39(50(54-48)55-49)20-11-23-45(47)56-44/h1-30H. The maximum Gasteiger partial charge on any atom is 0.164 e. The van der Waals surface area contributed by atoms with Crippen molar-refractivity contribution >= 4 is 75.1 Å². The summed E-state index contributed by atoms with van der Waals surface area (Å²) < 4.78 is 2.43. The van der Waals surface area contributed by atoms with Crippen LogP contribution >= 0.6 is 11.3 Å². The van der Waals surface area contributed by atoms with E-state index in [2.05, 4.69) is 175 Å². The molecule has 0 fully saturated rings. The summed E-state index contributed by atoms with van der Waals surface area (Å²) in [6.45, 7) is 0. The summed E-state index contributed by atoms with van der Waals surface area (Å²) in [6.07, 6.45) is 3.85. The minimum absolute atomic E-state index is 0.535. The van der Waals surface area contributed by atoms with Crippen LogP contribution in [0.5, 0.6) is 0 Å². The quantitative estimate of drug-likeness (QED) is 0.182. The van der Waals surface area contributed by atoms with Crippen LogP contribution in [-0.4, -0.2) is 19.9 Å². The van der Waals surface area contributed by atoms with Crippen LogP contribution in [-0.2, 0) is 5.41 Å². The Morgan fingerprint density at radius 2 is 1.12 bits per heavy atom. The number of benzene rings is 7.